The number of carbonyl (C=O) groups is 1. The molecule has 40 heavy (non-hydrogen) atoms. The topological polar surface area (TPSA) is 163 Å². The number of hydrogen-bond acceptors (Lipinski definition) is 10. The van der Waals surface area contributed by atoms with Crippen molar-refractivity contribution in [2.75, 3.05) is 18.9 Å². The summed E-state index contributed by atoms with van der Waals surface area (Å²) in [5, 5.41) is 17.0. The van der Waals surface area contributed by atoms with E-state index in [-0.39, 0.29) is 24.4 Å². The minimum Gasteiger partial charge on any atom is -0.465 e. The monoisotopic (exact) mass is 570 g/mol. The van der Waals surface area contributed by atoms with Crippen LogP contribution < -0.4 is 15.3 Å². The fourth-order valence-electron chi connectivity index (χ4n) is 4.45. The summed E-state index contributed by atoms with van der Waals surface area (Å²) in [5.74, 6) is -0.0156. The molecule has 13 heteroatoms. The van der Waals surface area contributed by atoms with E-state index in [0.29, 0.717) is 29.8 Å². The largest absolute Gasteiger partial charge is 0.465 e. The molecule has 0 aliphatic carbocycles. The first-order valence-electron chi connectivity index (χ1n) is 13.1. The Hall–Kier alpha value is -3.49. The van der Waals surface area contributed by atoms with E-state index in [9.17, 15) is 14.6 Å². The van der Waals surface area contributed by atoms with Crippen LogP contribution in [-0.2, 0) is 34.4 Å². The molecule has 4 unspecified atom stereocenters. The lowest BCUT2D eigenvalue weighted by Crippen LogP contribution is -2.36. The molecule has 214 valence electrons. The molecule has 0 bridgehead atoms. The van der Waals surface area contributed by atoms with Gasteiger partial charge in [0, 0.05) is 0 Å². The lowest BCUT2D eigenvalue weighted by Gasteiger charge is -2.25. The van der Waals surface area contributed by atoms with Crippen molar-refractivity contribution >= 4 is 25.1 Å². The predicted molar refractivity (Wildman–Crippen MR) is 147 cm³/mol. The first kappa shape index (κ1) is 29.5. The number of esters is 1. The molecule has 1 aliphatic rings. The van der Waals surface area contributed by atoms with Crippen LogP contribution >= 0.6 is 7.75 Å². The highest BCUT2D eigenvalue weighted by Gasteiger charge is 2.45. The number of benzene rings is 1. The van der Waals surface area contributed by atoms with Gasteiger partial charge in [0.2, 0.25) is 0 Å². The Morgan fingerprint density at radius 3 is 2.70 bits per heavy atom. The second-order valence-electron chi connectivity index (χ2n) is 10.6. The van der Waals surface area contributed by atoms with Gasteiger partial charge in [0.1, 0.15) is 29.7 Å². The molecule has 12 nitrogen and oxygen atoms in total. The number of ether oxygens (including phenoxy) is 2. The molecule has 1 aliphatic heterocycles. The van der Waals surface area contributed by atoms with Gasteiger partial charge in [-0.25, -0.2) is 14.1 Å². The number of carbonyl (C=O) groups excluding carboxylic acids is 1. The summed E-state index contributed by atoms with van der Waals surface area (Å²) in [6, 6.07) is 11.9. The maximum atomic E-state index is 13.9. The predicted octanol–water partition coefficient (Wildman–Crippen LogP) is 4.25. The molecule has 0 spiro atoms. The molecule has 4 atom stereocenters. The molecule has 3 aromatic rings. The third-order valence-corrected chi connectivity index (χ3v) is 8.27. The second-order valence-corrected chi connectivity index (χ2v) is 12.3. The van der Waals surface area contributed by atoms with E-state index >= 15 is 0 Å². The zero-order valence-corrected chi connectivity index (χ0v) is 24.2. The van der Waals surface area contributed by atoms with Crippen LogP contribution in [0.4, 0.5) is 5.82 Å². The summed E-state index contributed by atoms with van der Waals surface area (Å²) in [4.78, 5) is 16.3. The van der Waals surface area contributed by atoms with Gasteiger partial charge in [0.25, 0.3) is 0 Å². The van der Waals surface area contributed by atoms with E-state index in [4.69, 9.17) is 24.3 Å². The molecule has 1 aromatic carbocycles. The van der Waals surface area contributed by atoms with Gasteiger partial charge in [0.05, 0.1) is 25.0 Å². The lowest BCUT2D eigenvalue weighted by molar-refractivity contribution is -0.144. The fraction of sp³-hybridized carbons (Fsp3) is 0.481. The number of fused-ring (bicyclic) bond motifs is 1. The van der Waals surface area contributed by atoms with E-state index in [2.05, 4.69) is 42.0 Å². The number of nitrogen functional groups attached to an aromatic ring is 1. The maximum absolute atomic E-state index is 13.9. The molecule has 3 N–H and O–H groups in total. The van der Waals surface area contributed by atoms with Crippen LogP contribution in [0.2, 0.25) is 0 Å². The van der Waals surface area contributed by atoms with Crippen molar-refractivity contribution in [2.45, 2.75) is 70.6 Å². The highest BCUT2D eigenvalue weighted by molar-refractivity contribution is 7.52. The van der Waals surface area contributed by atoms with Gasteiger partial charge in [-0.05, 0) is 61.9 Å². The summed E-state index contributed by atoms with van der Waals surface area (Å²) < 4.78 is 38.3. The first-order chi connectivity index (χ1) is 18.9. The smallest absolute Gasteiger partial charge is 0.459 e. The van der Waals surface area contributed by atoms with Gasteiger partial charge in [-0.1, -0.05) is 32.9 Å². The SMILES string of the molecule is CCOC(=O)C(C)NP(=O)(OCC1CCC(C#N)(c2ccc3c(N)ncnn23)O1)Oc1ccc(C(C)(C)C)cc1. The summed E-state index contributed by atoms with van der Waals surface area (Å²) >= 11 is 0. The number of hydrogen-bond donors (Lipinski definition) is 2. The summed E-state index contributed by atoms with van der Waals surface area (Å²) in [7, 11) is -4.10. The van der Waals surface area contributed by atoms with E-state index in [1.165, 1.54) is 17.8 Å². The van der Waals surface area contributed by atoms with E-state index in [0.717, 1.165) is 5.56 Å². The Kier molecular flexibility index (Phi) is 8.52. The number of nitrogens with one attached hydrogen (secondary N) is 1. The molecule has 1 fully saturated rings. The minimum absolute atomic E-state index is 0.0779. The van der Waals surface area contributed by atoms with Gasteiger partial charge in [0.15, 0.2) is 11.4 Å². The zero-order valence-electron chi connectivity index (χ0n) is 23.3. The quantitative estimate of drug-likeness (QED) is 0.264. The number of nitrogens with zero attached hydrogens (tertiary/aromatic N) is 4. The number of nitrogens with two attached hydrogens (primary N) is 1. The average Bonchev–Trinajstić information content (AvgIpc) is 3.53. The Morgan fingerprint density at radius 1 is 1.32 bits per heavy atom. The number of anilines is 1. The molecule has 3 heterocycles. The Labute approximate surface area is 233 Å². The third-order valence-electron chi connectivity index (χ3n) is 6.63. The van der Waals surface area contributed by atoms with Crippen molar-refractivity contribution < 1.29 is 27.9 Å². The standard InChI is InChI=1S/C27H35N6O6P/c1-6-36-25(34)18(2)32-40(35,39-20-9-7-19(8-10-20)26(3,4)5)37-15-21-13-14-27(16-28,38-21)23-12-11-22-24(29)30-17-31-33(22)23/h7-12,17-18,21H,6,13-15H2,1-5H3,(H,32,35)(H2,29,30,31). The van der Waals surface area contributed by atoms with Crippen LogP contribution in [0.5, 0.6) is 5.75 Å². The molecule has 0 radical (unpaired) electrons. The van der Waals surface area contributed by atoms with Crippen LogP contribution in [0.15, 0.2) is 42.7 Å². The van der Waals surface area contributed by atoms with Crippen LogP contribution in [-0.4, -0.2) is 45.9 Å². The third kappa shape index (κ3) is 6.29. The number of nitriles is 1. The van der Waals surface area contributed by atoms with Gasteiger partial charge in [-0.3, -0.25) is 9.32 Å². The normalized spacial score (nSPS) is 21.4. The Morgan fingerprint density at radius 2 is 2.05 bits per heavy atom. The summed E-state index contributed by atoms with van der Waals surface area (Å²) in [5.41, 5.74) is 6.69. The Balaban J connectivity index is 1.52. The van der Waals surface area contributed by atoms with Crippen molar-refractivity contribution in [3.8, 4) is 11.8 Å². The van der Waals surface area contributed by atoms with Crippen LogP contribution in [0.3, 0.4) is 0 Å². The van der Waals surface area contributed by atoms with Gasteiger partial charge in [-0.15, -0.1) is 0 Å². The van der Waals surface area contributed by atoms with Crippen molar-refractivity contribution in [1.29, 1.82) is 5.26 Å². The van der Waals surface area contributed by atoms with E-state index in [1.807, 2.05) is 12.1 Å². The van der Waals surface area contributed by atoms with E-state index in [1.54, 1.807) is 31.2 Å². The van der Waals surface area contributed by atoms with Gasteiger partial charge >= 0.3 is 13.7 Å². The average molecular weight is 571 g/mol. The summed E-state index contributed by atoms with van der Waals surface area (Å²) in [6.07, 6.45) is 1.50. The molecule has 0 amide bonds. The van der Waals surface area contributed by atoms with Gasteiger partial charge in [-0.2, -0.15) is 15.4 Å². The highest BCUT2D eigenvalue weighted by atomic mass is 31.2. The van der Waals surface area contributed by atoms with Crippen LogP contribution in [0.1, 0.15) is 58.7 Å². The first-order valence-corrected chi connectivity index (χ1v) is 14.6. The molecular weight excluding hydrogens is 535 g/mol. The summed E-state index contributed by atoms with van der Waals surface area (Å²) in [6.45, 7) is 9.45. The molecular formula is C27H35N6O6P. The molecule has 1 saturated heterocycles. The molecule has 0 saturated carbocycles. The van der Waals surface area contributed by atoms with Crippen molar-refractivity contribution in [2.24, 2.45) is 0 Å². The van der Waals surface area contributed by atoms with Gasteiger partial charge < -0.3 is 19.7 Å². The lowest BCUT2D eigenvalue weighted by atomic mass is 9.87. The number of rotatable bonds is 10. The Bertz CT molecular complexity index is 1450. The van der Waals surface area contributed by atoms with Crippen molar-refractivity contribution in [1.82, 2.24) is 19.7 Å². The van der Waals surface area contributed by atoms with E-state index < -0.39 is 31.5 Å². The highest BCUT2D eigenvalue weighted by Crippen LogP contribution is 2.47. The van der Waals surface area contributed by atoms with Crippen LogP contribution in [0, 0.1) is 11.3 Å². The minimum atomic E-state index is -4.10. The van der Waals surface area contributed by atoms with Crippen molar-refractivity contribution in [3.05, 3.63) is 54.0 Å². The number of aromatic nitrogens is 3. The fourth-order valence-corrected chi connectivity index (χ4v) is 5.97. The maximum Gasteiger partial charge on any atom is 0.459 e. The van der Waals surface area contributed by atoms with Crippen molar-refractivity contribution in [3.63, 3.8) is 0 Å². The zero-order chi connectivity index (χ0) is 29.1. The second kappa shape index (κ2) is 11.6. The molecule has 2 aromatic heterocycles. The molecule has 4 rings (SSSR count). The van der Waals surface area contributed by atoms with Crippen LogP contribution in [0.25, 0.3) is 5.52 Å².